The number of aliphatic hydroxyl groups excluding tert-OH is 6. The fraction of sp³-hybridized carbons (Fsp3) is 1.00. The second kappa shape index (κ2) is 6.41. The summed E-state index contributed by atoms with van der Waals surface area (Å²) in [5.74, 6) is 0. The molecule has 0 aromatic rings. The standard InChI is InChI=1S/C12H22O9/c1-3-5(13)7(15)8(16)12(20-3)21-10-6(14)4(2)19-11(18)9(10)17/h3-18H,1-2H3/t3-,4-,5+,6+,7+,8-,9-,10+,11+,12+/m0/s1. The molecule has 0 saturated carbocycles. The number of hydrogen-bond donors (Lipinski definition) is 6. The lowest BCUT2D eigenvalue weighted by Gasteiger charge is -2.44. The van der Waals surface area contributed by atoms with Crippen molar-refractivity contribution >= 4 is 0 Å². The number of hydrogen-bond acceptors (Lipinski definition) is 9. The first-order valence-corrected chi connectivity index (χ1v) is 6.78. The highest BCUT2D eigenvalue weighted by Gasteiger charge is 2.48. The molecule has 0 aromatic heterocycles. The fourth-order valence-electron chi connectivity index (χ4n) is 2.45. The van der Waals surface area contributed by atoms with Gasteiger partial charge in [-0.3, -0.25) is 0 Å². The molecule has 10 atom stereocenters. The van der Waals surface area contributed by atoms with Crippen LogP contribution in [0.5, 0.6) is 0 Å². The highest BCUT2D eigenvalue weighted by Crippen LogP contribution is 2.28. The summed E-state index contributed by atoms with van der Waals surface area (Å²) >= 11 is 0. The molecule has 9 nitrogen and oxygen atoms in total. The van der Waals surface area contributed by atoms with Gasteiger partial charge in [0.1, 0.15) is 36.6 Å². The molecule has 0 spiro atoms. The van der Waals surface area contributed by atoms with Crippen LogP contribution in [0, 0.1) is 0 Å². The van der Waals surface area contributed by atoms with E-state index in [9.17, 15) is 30.6 Å². The van der Waals surface area contributed by atoms with E-state index in [1.54, 1.807) is 0 Å². The highest BCUT2D eigenvalue weighted by atomic mass is 16.7. The second-order valence-electron chi connectivity index (χ2n) is 5.50. The normalized spacial score (nSPS) is 55.4. The van der Waals surface area contributed by atoms with E-state index < -0.39 is 61.4 Å². The molecule has 2 aliphatic heterocycles. The molecule has 0 bridgehead atoms. The van der Waals surface area contributed by atoms with Crippen LogP contribution in [-0.4, -0.2) is 92.1 Å². The maximum atomic E-state index is 9.96. The van der Waals surface area contributed by atoms with Gasteiger partial charge in [-0.25, -0.2) is 0 Å². The van der Waals surface area contributed by atoms with Gasteiger partial charge in [0.2, 0.25) is 0 Å². The summed E-state index contributed by atoms with van der Waals surface area (Å²) in [6, 6.07) is 0. The van der Waals surface area contributed by atoms with Crippen molar-refractivity contribution in [3.8, 4) is 0 Å². The Morgan fingerprint density at radius 2 is 1.24 bits per heavy atom. The third kappa shape index (κ3) is 3.21. The molecule has 0 radical (unpaired) electrons. The molecule has 124 valence electrons. The zero-order valence-corrected chi connectivity index (χ0v) is 11.7. The summed E-state index contributed by atoms with van der Waals surface area (Å²) in [5, 5.41) is 58.4. The quantitative estimate of drug-likeness (QED) is 0.308. The minimum absolute atomic E-state index is 0.804. The molecule has 6 N–H and O–H groups in total. The van der Waals surface area contributed by atoms with Crippen LogP contribution in [0.15, 0.2) is 0 Å². The molecule has 2 heterocycles. The van der Waals surface area contributed by atoms with Gasteiger partial charge in [-0.05, 0) is 13.8 Å². The highest BCUT2D eigenvalue weighted by molar-refractivity contribution is 4.92. The van der Waals surface area contributed by atoms with Crippen molar-refractivity contribution < 1.29 is 44.8 Å². The van der Waals surface area contributed by atoms with Gasteiger partial charge in [-0.15, -0.1) is 0 Å². The third-order valence-electron chi connectivity index (χ3n) is 3.90. The molecular weight excluding hydrogens is 288 g/mol. The molecule has 21 heavy (non-hydrogen) atoms. The van der Waals surface area contributed by atoms with Crippen molar-refractivity contribution in [2.45, 2.75) is 75.3 Å². The molecule has 2 saturated heterocycles. The number of aliphatic hydroxyl groups is 6. The number of ether oxygens (including phenoxy) is 3. The Kier molecular flexibility index (Phi) is 5.19. The monoisotopic (exact) mass is 310 g/mol. The maximum absolute atomic E-state index is 9.96. The first-order valence-electron chi connectivity index (χ1n) is 6.78. The summed E-state index contributed by atoms with van der Waals surface area (Å²) < 4.78 is 15.4. The van der Waals surface area contributed by atoms with E-state index >= 15 is 0 Å². The minimum Gasteiger partial charge on any atom is -0.388 e. The molecule has 0 aromatic carbocycles. The predicted molar refractivity (Wildman–Crippen MR) is 65.8 cm³/mol. The lowest BCUT2D eigenvalue weighted by Crippen LogP contribution is -2.63. The van der Waals surface area contributed by atoms with Gasteiger partial charge in [-0.2, -0.15) is 0 Å². The van der Waals surface area contributed by atoms with Crippen molar-refractivity contribution in [1.82, 2.24) is 0 Å². The Morgan fingerprint density at radius 1 is 0.667 bits per heavy atom. The summed E-state index contributed by atoms with van der Waals surface area (Å²) in [4.78, 5) is 0. The first-order chi connectivity index (χ1) is 9.73. The van der Waals surface area contributed by atoms with E-state index in [1.807, 2.05) is 0 Å². The van der Waals surface area contributed by atoms with E-state index in [-0.39, 0.29) is 0 Å². The smallest absolute Gasteiger partial charge is 0.187 e. The zero-order valence-electron chi connectivity index (χ0n) is 11.7. The van der Waals surface area contributed by atoms with Gasteiger partial charge in [0, 0.05) is 0 Å². The van der Waals surface area contributed by atoms with Gasteiger partial charge in [0.05, 0.1) is 12.2 Å². The summed E-state index contributed by atoms with van der Waals surface area (Å²) in [5.41, 5.74) is 0. The molecule has 2 fully saturated rings. The molecule has 0 unspecified atom stereocenters. The minimum atomic E-state index is -1.56. The van der Waals surface area contributed by atoms with Crippen LogP contribution in [0.25, 0.3) is 0 Å². The van der Waals surface area contributed by atoms with E-state index in [1.165, 1.54) is 13.8 Å². The maximum Gasteiger partial charge on any atom is 0.187 e. The molecule has 2 rings (SSSR count). The van der Waals surface area contributed by atoms with Crippen LogP contribution in [0.2, 0.25) is 0 Å². The molecule has 0 aliphatic carbocycles. The Balaban J connectivity index is 2.08. The van der Waals surface area contributed by atoms with Crippen LogP contribution >= 0.6 is 0 Å². The second-order valence-corrected chi connectivity index (χ2v) is 5.50. The Bertz CT molecular complexity index is 340. The Labute approximate surface area is 121 Å². The fourth-order valence-corrected chi connectivity index (χ4v) is 2.45. The summed E-state index contributed by atoms with van der Waals surface area (Å²) in [6.07, 6.45) is -13.0. The third-order valence-corrected chi connectivity index (χ3v) is 3.90. The van der Waals surface area contributed by atoms with Crippen molar-refractivity contribution in [2.24, 2.45) is 0 Å². The van der Waals surface area contributed by atoms with Gasteiger partial charge in [0.25, 0.3) is 0 Å². The van der Waals surface area contributed by atoms with Gasteiger partial charge in [0.15, 0.2) is 12.6 Å². The summed E-state index contributed by atoms with van der Waals surface area (Å²) in [7, 11) is 0. The molecular formula is C12H22O9. The van der Waals surface area contributed by atoms with Gasteiger partial charge in [-0.1, -0.05) is 0 Å². The van der Waals surface area contributed by atoms with Crippen LogP contribution in [0.3, 0.4) is 0 Å². The van der Waals surface area contributed by atoms with Crippen LogP contribution < -0.4 is 0 Å². The zero-order chi connectivity index (χ0) is 15.9. The van der Waals surface area contributed by atoms with Crippen LogP contribution in [0.4, 0.5) is 0 Å². The Hall–Kier alpha value is -0.360. The van der Waals surface area contributed by atoms with E-state index in [0.717, 1.165) is 0 Å². The predicted octanol–water partition coefficient (Wildman–Crippen LogP) is -3.34. The molecule has 2 aliphatic rings. The van der Waals surface area contributed by atoms with E-state index in [2.05, 4.69) is 0 Å². The Morgan fingerprint density at radius 3 is 1.86 bits per heavy atom. The average Bonchev–Trinajstić information content (AvgIpc) is 2.44. The van der Waals surface area contributed by atoms with Crippen LogP contribution in [0.1, 0.15) is 13.8 Å². The van der Waals surface area contributed by atoms with E-state index in [4.69, 9.17) is 14.2 Å². The first kappa shape index (κ1) is 17.0. The topological polar surface area (TPSA) is 149 Å². The van der Waals surface area contributed by atoms with Gasteiger partial charge < -0.3 is 44.8 Å². The van der Waals surface area contributed by atoms with Crippen LogP contribution in [-0.2, 0) is 14.2 Å². The molecule has 9 heteroatoms. The van der Waals surface area contributed by atoms with Crippen molar-refractivity contribution in [3.63, 3.8) is 0 Å². The average molecular weight is 310 g/mol. The molecule has 0 amide bonds. The summed E-state index contributed by atoms with van der Waals surface area (Å²) in [6.45, 7) is 2.96. The number of rotatable bonds is 2. The van der Waals surface area contributed by atoms with Crippen molar-refractivity contribution in [1.29, 1.82) is 0 Å². The lowest BCUT2D eigenvalue weighted by atomic mass is 9.97. The lowest BCUT2D eigenvalue weighted by molar-refractivity contribution is -0.349. The largest absolute Gasteiger partial charge is 0.388 e. The SMILES string of the molecule is C[C@@H]1O[C@H](O[C@@H]2[C@H](O)[C@H](C)O[C@@H](O)[C@H]2O)[C@@H](O)[C@H](O)[C@@H]1O. The van der Waals surface area contributed by atoms with Crippen molar-refractivity contribution in [2.75, 3.05) is 0 Å². The van der Waals surface area contributed by atoms with Crippen molar-refractivity contribution in [3.05, 3.63) is 0 Å². The van der Waals surface area contributed by atoms with Gasteiger partial charge >= 0.3 is 0 Å². The van der Waals surface area contributed by atoms with E-state index in [0.29, 0.717) is 0 Å².